The van der Waals surface area contributed by atoms with Crippen LogP contribution in [0.15, 0.2) is 54.6 Å². The molecule has 3 rings (SSSR count). The van der Waals surface area contributed by atoms with Gasteiger partial charge in [0.05, 0.1) is 0 Å². The SMILES string of the molecule is CC(=O)NC(C(=O)Nc1cccc(NC(=O)Nc2ccccc2)c1)C1CCCC1. The summed E-state index contributed by atoms with van der Waals surface area (Å²) >= 11 is 0. The van der Waals surface area contributed by atoms with Crippen LogP contribution in [0.4, 0.5) is 21.9 Å². The van der Waals surface area contributed by atoms with Crippen molar-refractivity contribution in [2.75, 3.05) is 16.0 Å². The fourth-order valence-electron chi connectivity index (χ4n) is 3.62. The number of amides is 4. The molecule has 29 heavy (non-hydrogen) atoms. The van der Waals surface area contributed by atoms with Gasteiger partial charge < -0.3 is 21.3 Å². The second-order valence-electron chi connectivity index (χ2n) is 7.24. The summed E-state index contributed by atoms with van der Waals surface area (Å²) in [6.07, 6.45) is 4.01. The number of rotatable bonds is 6. The Kier molecular flexibility index (Phi) is 6.84. The number of urea groups is 1. The standard InChI is InChI=1S/C22H26N4O3/c1-15(27)23-20(16-8-5-6-9-16)21(28)24-18-12-7-13-19(14-18)26-22(29)25-17-10-3-2-4-11-17/h2-4,7,10-14,16,20H,5-6,8-9H2,1H3,(H,23,27)(H,24,28)(H2,25,26,29). The molecule has 0 saturated heterocycles. The summed E-state index contributed by atoms with van der Waals surface area (Å²) in [5.74, 6) is -0.306. The lowest BCUT2D eigenvalue weighted by atomic mass is 9.97. The largest absolute Gasteiger partial charge is 0.344 e. The number of hydrogen-bond donors (Lipinski definition) is 4. The zero-order valence-corrected chi connectivity index (χ0v) is 16.4. The maximum absolute atomic E-state index is 12.8. The molecule has 1 atom stereocenters. The first-order chi connectivity index (χ1) is 14.0. The van der Waals surface area contributed by atoms with E-state index in [0.29, 0.717) is 17.1 Å². The fraction of sp³-hybridized carbons (Fsp3) is 0.318. The van der Waals surface area contributed by atoms with E-state index in [1.165, 1.54) is 6.92 Å². The first-order valence-corrected chi connectivity index (χ1v) is 9.82. The molecule has 2 aromatic rings. The van der Waals surface area contributed by atoms with E-state index >= 15 is 0 Å². The number of carbonyl (C=O) groups is 3. The van der Waals surface area contributed by atoms with Crippen molar-refractivity contribution in [3.05, 3.63) is 54.6 Å². The van der Waals surface area contributed by atoms with Gasteiger partial charge in [0.25, 0.3) is 0 Å². The fourth-order valence-corrected chi connectivity index (χ4v) is 3.62. The van der Waals surface area contributed by atoms with E-state index in [2.05, 4.69) is 21.3 Å². The Morgan fingerprint density at radius 1 is 0.828 bits per heavy atom. The number of carbonyl (C=O) groups excluding carboxylic acids is 3. The van der Waals surface area contributed by atoms with Gasteiger partial charge >= 0.3 is 6.03 Å². The van der Waals surface area contributed by atoms with E-state index in [0.717, 1.165) is 25.7 Å². The van der Waals surface area contributed by atoms with Crippen molar-refractivity contribution in [1.82, 2.24) is 5.32 Å². The maximum Gasteiger partial charge on any atom is 0.323 e. The van der Waals surface area contributed by atoms with Crippen LogP contribution < -0.4 is 21.3 Å². The molecular formula is C22H26N4O3. The molecule has 0 aromatic heterocycles. The van der Waals surface area contributed by atoms with Crippen LogP contribution in [0, 0.1) is 5.92 Å². The van der Waals surface area contributed by atoms with Gasteiger partial charge in [-0.15, -0.1) is 0 Å². The van der Waals surface area contributed by atoms with Crippen LogP contribution in [-0.4, -0.2) is 23.9 Å². The highest BCUT2D eigenvalue weighted by Gasteiger charge is 2.31. The van der Waals surface area contributed by atoms with Gasteiger partial charge in [-0.3, -0.25) is 9.59 Å². The van der Waals surface area contributed by atoms with Crippen LogP contribution in [0.1, 0.15) is 32.6 Å². The Morgan fingerprint density at radius 3 is 2.07 bits per heavy atom. The third kappa shape index (κ3) is 6.07. The van der Waals surface area contributed by atoms with Crippen LogP contribution in [0.2, 0.25) is 0 Å². The molecule has 4 amide bonds. The van der Waals surface area contributed by atoms with Crippen molar-refractivity contribution >= 4 is 34.9 Å². The first-order valence-electron chi connectivity index (χ1n) is 9.82. The molecule has 1 saturated carbocycles. The molecule has 0 bridgehead atoms. The van der Waals surface area contributed by atoms with Crippen molar-refractivity contribution in [3.8, 4) is 0 Å². The second kappa shape index (κ2) is 9.73. The quantitative estimate of drug-likeness (QED) is 0.597. The average molecular weight is 394 g/mol. The molecule has 4 N–H and O–H groups in total. The van der Waals surface area contributed by atoms with Gasteiger partial charge in [-0.1, -0.05) is 37.1 Å². The van der Waals surface area contributed by atoms with Gasteiger partial charge in [-0.25, -0.2) is 4.79 Å². The summed E-state index contributed by atoms with van der Waals surface area (Å²) in [7, 11) is 0. The van der Waals surface area contributed by atoms with Crippen LogP contribution in [0.5, 0.6) is 0 Å². The summed E-state index contributed by atoms with van der Waals surface area (Å²) in [6, 6.07) is 15.1. The molecule has 2 aromatic carbocycles. The van der Waals surface area contributed by atoms with Crippen LogP contribution in [0.3, 0.4) is 0 Å². The predicted octanol–water partition coefficient (Wildman–Crippen LogP) is 3.96. The van der Waals surface area contributed by atoms with Crippen LogP contribution in [0.25, 0.3) is 0 Å². The van der Waals surface area contributed by atoms with Gasteiger partial charge in [0.15, 0.2) is 0 Å². The van der Waals surface area contributed by atoms with E-state index in [9.17, 15) is 14.4 Å². The predicted molar refractivity (Wildman–Crippen MR) is 114 cm³/mol. The first kappa shape index (κ1) is 20.4. The third-order valence-electron chi connectivity index (χ3n) is 4.93. The van der Waals surface area contributed by atoms with Crippen LogP contribution >= 0.6 is 0 Å². The molecule has 1 fully saturated rings. The molecule has 7 heteroatoms. The smallest absolute Gasteiger partial charge is 0.323 e. The lowest BCUT2D eigenvalue weighted by molar-refractivity contribution is -0.126. The summed E-state index contributed by atoms with van der Waals surface area (Å²) < 4.78 is 0. The van der Waals surface area contributed by atoms with Crippen LogP contribution in [-0.2, 0) is 9.59 Å². The number of nitrogens with one attached hydrogen (secondary N) is 4. The molecule has 1 unspecified atom stereocenters. The van der Waals surface area contributed by atoms with E-state index in [1.807, 2.05) is 18.2 Å². The number of para-hydroxylation sites is 1. The zero-order chi connectivity index (χ0) is 20.6. The highest BCUT2D eigenvalue weighted by Crippen LogP contribution is 2.28. The van der Waals surface area contributed by atoms with E-state index in [-0.39, 0.29) is 23.8 Å². The van der Waals surface area contributed by atoms with Gasteiger partial charge in [0.2, 0.25) is 11.8 Å². The van der Waals surface area contributed by atoms with Crippen molar-refractivity contribution < 1.29 is 14.4 Å². The number of anilines is 3. The number of hydrogen-bond acceptors (Lipinski definition) is 3. The van der Waals surface area contributed by atoms with Crippen molar-refractivity contribution in [1.29, 1.82) is 0 Å². The molecule has 152 valence electrons. The Hall–Kier alpha value is -3.35. The van der Waals surface area contributed by atoms with Crippen molar-refractivity contribution in [3.63, 3.8) is 0 Å². The Morgan fingerprint density at radius 2 is 1.41 bits per heavy atom. The van der Waals surface area contributed by atoms with Crippen molar-refractivity contribution in [2.45, 2.75) is 38.6 Å². The molecule has 1 aliphatic rings. The summed E-state index contributed by atoms with van der Waals surface area (Å²) in [6.45, 7) is 1.42. The van der Waals surface area contributed by atoms with Gasteiger partial charge in [0.1, 0.15) is 6.04 Å². The molecule has 7 nitrogen and oxygen atoms in total. The number of benzene rings is 2. The van der Waals surface area contributed by atoms with Crippen molar-refractivity contribution in [2.24, 2.45) is 5.92 Å². The van der Waals surface area contributed by atoms with Gasteiger partial charge in [0, 0.05) is 24.0 Å². The van der Waals surface area contributed by atoms with Gasteiger partial charge in [-0.2, -0.15) is 0 Å². The summed E-state index contributed by atoms with van der Waals surface area (Å²) in [5, 5.41) is 11.1. The average Bonchev–Trinajstić information content (AvgIpc) is 3.21. The Labute approximate surface area is 170 Å². The Bertz CT molecular complexity index is 863. The second-order valence-corrected chi connectivity index (χ2v) is 7.24. The molecule has 0 radical (unpaired) electrons. The lowest BCUT2D eigenvalue weighted by Gasteiger charge is -2.23. The highest BCUT2D eigenvalue weighted by atomic mass is 16.2. The normalized spacial score (nSPS) is 14.7. The van der Waals surface area contributed by atoms with E-state index in [1.54, 1.807) is 36.4 Å². The van der Waals surface area contributed by atoms with E-state index < -0.39 is 6.04 Å². The molecule has 0 aliphatic heterocycles. The topological polar surface area (TPSA) is 99.3 Å². The maximum atomic E-state index is 12.8. The summed E-state index contributed by atoms with van der Waals surface area (Å²) in [5.41, 5.74) is 1.79. The molecule has 1 aliphatic carbocycles. The van der Waals surface area contributed by atoms with Gasteiger partial charge in [-0.05, 0) is 49.1 Å². The molecule has 0 spiro atoms. The molecular weight excluding hydrogens is 368 g/mol. The monoisotopic (exact) mass is 394 g/mol. The van der Waals surface area contributed by atoms with E-state index in [4.69, 9.17) is 0 Å². The lowest BCUT2D eigenvalue weighted by Crippen LogP contribution is -2.47. The third-order valence-corrected chi connectivity index (χ3v) is 4.93. The minimum atomic E-state index is -0.548. The summed E-state index contributed by atoms with van der Waals surface area (Å²) in [4.78, 5) is 36.5. The Balaban J connectivity index is 1.62. The minimum Gasteiger partial charge on any atom is -0.344 e. The highest BCUT2D eigenvalue weighted by molar-refractivity contribution is 6.01. The zero-order valence-electron chi connectivity index (χ0n) is 16.4. The molecule has 0 heterocycles. The minimum absolute atomic E-state index is 0.150.